The molecule has 3 heterocycles. The molecule has 0 aliphatic heterocycles. The summed E-state index contributed by atoms with van der Waals surface area (Å²) in [7, 11) is 0. The molecule has 0 aliphatic rings. The Hall–Kier alpha value is -4.69. The third kappa shape index (κ3) is 5.99. The van der Waals surface area contributed by atoms with Gasteiger partial charge in [-0.25, -0.2) is 4.98 Å². The van der Waals surface area contributed by atoms with Crippen LogP contribution in [0.5, 0.6) is 0 Å². The third-order valence-corrected chi connectivity index (χ3v) is 5.77. The topological polar surface area (TPSA) is 145 Å². The van der Waals surface area contributed by atoms with Crippen molar-refractivity contribution < 1.29 is 14.5 Å². The molecule has 3 aromatic rings. The summed E-state index contributed by atoms with van der Waals surface area (Å²) in [5, 5.41) is 21.6. The Labute approximate surface area is 218 Å². The van der Waals surface area contributed by atoms with Gasteiger partial charge >= 0.3 is 0 Å². The Morgan fingerprint density at radius 1 is 1.39 bits per heavy atom. The van der Waals surface area contributed by atoms with Crippen molar-refractivity contribution in [3.8, 4) is 6.07 Å². The maximum absolute atomic E-state index is 13.3. The highest BCUT2D eigenvalue weighted by Gasteiger charge is 2.18. The van der Waals surface area contributed by atoms with Gasteiger partial charge in [0.05, 0.1) is 22.3 Å². The van der Waals surface area contributed by atoms with Crippen LogP contribution >= 0.6 is 0 Å². The normalized spacial score (nSPS) is 12.6. The lowest BCUT2D eigenvalue weighted by molar-refractivity contribution is -0.420. The molecule has 0 fully saturated rings. The van der Waals surface area contributed by atoms with Gasteiger partial charge in [-0.05, 0) is 44.9 Å². The van der Waals surface area contributed by atoms with Crippen molar-refractivity contribution in [1.82, 2.24) is 14.0 Å². The second kappa shape index (κ2) is 12.5. The lowest BCUT2D eigenvalue weighted by Gasteiger charge is -2.14. The first-order valence-corrected chi connectivity index (χ1v) is 12.0. The van der Waals surface area contributed by atoms with E-state index in [4.69, 9.17) is 9.72 Å². The van der Waals surface area contributed by atoms with Gasteiger partial charge in [-0.2, -0.15) is 10.3 Å². The fourth-order valence-corrected chi connectivity index (χ4v) is 3.96. The molecule has 0 aromatic carbocycles. The molecular formula is C27H28N6O5. The van der Waals surface area contributed by atoms with Crippen LogP contribution in [0.15, 0.2) is 70.3 Å². The number of ether oxygens (including phenoxy) is 1. The van der Waals surface area contributed by atoms with Gasteiger partial charge < -0.3 is 9.30 Å². The van der Waals surface area contributed by atoms with Crippen molar-refractivity contribution in [2.45, 2.75) is 40.2 Å². The van der Waals surface area contributed by atoms with Gasteiger partial charge in [0.1, 0.15) is 17.4 Å². The summed E-state index contributed by atoms with van der Waals surface area (Å²) < 4.78 is 8.43. The molecule has 38 heavy (non-hydrogen) atoms. The van der Waals surface area contributed by atoms with E-state index in [2.05, 4.69) is 11.6 Å². The Balaban J connectivity index is 2.28. The van der Waals surface area contributed by atoms with Crippen molar-refractivity contribution in [3.05, 3.63) is 97.6 Å². The fourth-order valence-electron chi connectivity index (χ4n) is 3.96. The molecule has 0 aliphatic carbocycles. The van der Waals surface area contributed by atoms with Crippen molar-refractivity contribution in [2.24, 2.45) is 4.99 Å². The molecular weight excluding hydrogens is 488 g/mol. The number of hydrogen-bond donors (Lipinski definition) is 0. The molecule has 0 N–H and O–H groups in total. The van der Waals surface area contributed by atoms with E-state index in [1.165, 1.54) is 35.6 Å². The standard InChI is InChI=1S/C27H28N6O5/c1-5-7-11-22(33(36)37)19(4)15-23(34)29-25-20(17-28)16-21-26(31(25)13-9-14-38-6-2)30-24-18(3)10-8-12-32(24)27(21)35/h5,7-8,10-12,16H,1,6,9,13-15H2,2-4H3/b11-7-,22-19+,29-25?. The molecule has 3 rings (SSSR count). The van der Waals surface area contributed by atoms with E-state index in [0.29, 0.717) is 25.3 Å². The number of pyridine rings is 2. The van der Waals surface area contributed by atoms with Crippen LogP contribution in [-0.2, 0) is 16.1 Å². The summed E-state index contributed by atoms with van der Waals surface area (Å²) in [6, 6.07) is 6.97. The molecule has 0 spiro atoms. The average molecular weight is 517 g/mol. The molecule has 0 saturated heterocycles. The lowest BCUT2D eigenvalue weighted by Crippen LogP contribution is -2.30. The summed E-state index contributed by atoms with van der Waals surface area (Å²) in [5.41, 5.74) is 1.13. The number of carbonyl (C=O) groups is 1. The summed E-state index contributed by atoms with van der Waals surface area (Å²) >= 11 is 0. The van der Waals surface area contributed by atoms with Crippen LogP contribution in [0.4, 0.5) is 0 Å². The zero-order valence-corrected chi connectivity index (χ0v) is 21.5. The Bertz CT molecular complexity index is 1650. The molecule has 0 atom stereocenters. The van der Waals surface area contributed by atoms with Crippen LogP contribution in [-0.4, -0.2) is 38.0 Å². The smallest absolute Gasteiger partial charge is 0.268 e. The maximum Gasteiger partial charge on any atom is 0.268 e. The van der Waals surface area contributed by atoms with Crippen molar-refractivity contribution in [2.75, 3.05) is 13.2 Å². The third-order valence-electron chi connectivity index (χ3n) is 5.77. The molecule has 196 valence electrons. The van der Waals surface area contributed by atoms with E-state index >= 15 is 0 Å². The molecule has 0 radical (unpaired) electrons. The zero-order valence-electron chi connectivity index (χ0n) is 21.5. The lowest BCUT2D eigenvalue weighted by atomic mass is 10.1. The fraction of sp³-hybridized carbons (Fsp3) is 0.296. The summed E-state index contributed by atoms with van der Waals surface area (Å²) in [6.07, 6.45) is 5.82. The number of aromatic nitrogens is 3. The van der Waals surface area contributed by atoms with Crippen LogP contribution in [0.25, 0.3) is 16.7 Å². The second-order valence-corrected chi connectivity index (χ2v) is 8.43. The number of carbonyl (C=O) groups excluding carboxylic acids is 1. The predicted octanol–water partition coefficient (Wildman–Crippen LogP) is 3.37. The SMILES string of the molecule is C=C/C=C\C(=C(\C)CC(=O)N=c1c(C#N)cc2c(=O)n3cccc(C)c3nc2n1CCCOCC)[N+](=O)[O-]. The zero-order chi connectivity index (χ0) is 27.8. The molecule has 11 nitrogen and oxygen atoms in total. The maximum atomic E-state index is 13.3. The van der Waals surface area contributed by atoms with Gasteiger partial charge in [0.15, 0.2) is 5.49 Å². The number of nitriles is 1. The van der Waals surface area contributed by atoms with E-state index in [0.717, 1.165) is 5.56 Å². The number of hydrogen-bond acceptors (Lipinski definition) is 7. The van der Waals surface area contributed by atoms with Gasteiger partial charge in [-0.3, -0.25) is 24.1 Å². The van der Waals surface area contributed by atoms with E-state index in [9.17, 15) is 25.0 Å². The number of amides is 1. The van der Waals surface area contributed by atoms with Gasteiger partial charge in [0.25, 0.3) is 17.2 Å². The highest BCUT2D eigenvalue weighted by atomic mass is 16.6. The number of aryl methyl sites for hydroxylation is 2. The number of rotatable bonds is 10. The highest BCUT2D eigenvalue weighted by molar-refractivity contribution is 5.81. The van der Waals surface area contributed by atoms with Crippen LogP contribution in [0.1, 0.15) is 37.8 Å². The minimum atomic E-state index is -0.683. The first-order chi connectivity index (χ1) is 18.2. The highest BCUT2D eigenvalue weighted by Crippen LogP contribution is 2.15. The quantitative estimate of drug-likeness (QED) is 0.132. The van der Waals surface area contributed by atoms with E-state index in [1.807, 2.05) is 26.0 Å². The number of nitro groups is 1. The monoisotopic (exact) mass is 516 g/mol. The summed E-state index contributed by atoms with van der Waals surface area (Å²) in [6.45, 7) is 9.86. The number of fused-ring (bicyclic) bond motifs is 2. The molecule has 1 amide bonds. The van der Waals surface area contributed by atoms with E-state index in [-0.39, 0.29) is 51.9 Å². The molecule has 0 bridgehead atoms. The minimum Gasteiger partial charge on any atom is -0.382 e. The van der Waals surface area contributed by atoms with Gasteiger partial charge in [-0.15, -0.1) is 0 Å². The van der Waals surface area contributed by atoms with Gasteiger partial charge in [0, 0.05) is 37.6 Å². The van der Waals surface area contributed by atoms with Crippen LogP contribution in [0.2, 0.25) is 0 Å². The van der Waals surface area contributed by atoms with Gasteiger partial charge in [0.2, 0.25) is 0 Å². The minimum absolute atomic E-state index is 0.0106. The average Bonchev–Trinajstić information content (AvgIpc) is 2.88. The largest absolute Gasteiger partial charge is 0.382 e. The molecule has 0 saturated carbocycles. The van der Waals surface area contributed by atoms with E-state index < -0.39 is 10.8 Å². The van der Waals surface area contributed by atoms with Crippen LogP contribution in [0, 0.1) is 28.4 Å². The second-order valence-electron chi connectivity index (χ2n) is 8.43. The Morgan fingerprint density at radius 2 is 2.16 bits per heavy atom. The van der Waals surface area contributed by atoms with Crippen molar-refractivity contribution in [3.63, 3.8) is 0 Å². The van der Waals surface area contributed by atoms with E-state index in [1.54, 1.807) is 16.8 Å². The molecule has 3 aromatic heterocycles. The first kappa shape index (κ1) is 27.9. The van der Waals surface area contributed by atoms with Crippen molar-refractivity contribution >= 4 is 22.6 Å². The van der Waals surface area contributed by atoms with Crippen molar-refractivity contribution in [1.29, 1.82) is 5.26 Å². The summed E-state index contributed by atoms with van der Waals surface area (Å²) in [4.78, 5) is 46.1. The Kier molecular flexibility index (Phi) is 9.18. The van der Waals surface area contributed by atoms with Crippen LogP contribution < -0.4 is 11.0 Å². The molecule has 11 heteroatoms. The van der Waals surface area contributed by atoms with Crippen LogP contribution in [0.3, 0.4) is 0 Å². The predicted molar refractivity (Wildman–Crippen MR) is 142 cm³/mol. The summed E-state index contributed by atoms with van der Waals surface area (Å²) in [5.74, 6) is -0.683. The number of allylic oxidation sites excluding steroid dienone is 3. The first-order valence-electron chi connectivity index (χ1n) is 12.0. The Morgan fingerprint density at radius 3 is 2.82 bits per heavy atom. The number of nitrogens with zero attached hydrogens (tertiary/aromatic N) is 6. The molecule has 0 unspecified atom stereocenters. The van der Waals surface area contributed by atoms with Gasteiger partial charge in [-0.1, -0.05) is 24.8 Å².